The van der Waals surface area contributed by atoms with Crippen molar-refractivity contribution in [3.8, 4) is 6.07 Å². The lowest BCUT2D eigenvalue weighted by atomic mass is 9.88. The van der Waals surface area contributed by atoms with Crippen LogP contribution in [0.1, 0.15) is 36.8 Å². The molecule has 3 nitrogen and oxygen atoms in total. The van der Waals surface area contributed by atoms with Gasteiger partial charge in [-0.3, -0.25) is 4.79 Å². The monoisotopic (exact) mass is 268 g/mol. The summed E-state index contributed by atoms with van der Waals surface area (Å²) in [5, 5.41) is 8.79. The number of hydrogen-bond donors (Lipinski definition) is 0. The van der Waals surface area contributed by atoms with Gasteiger partial charge in [0.2, 0.25) is 5.91 Å². The van der Waals surface area contributed by atoms with Crippen LogP contribution in [-0.4, -0.2) is 17.9 Å². The number of rotatable bonds is 3. The van der Waals surface area contributed by atoms with Gasteiger partial charge in [-0.15, -0.1) is 0 Å². The lowest BCUT2D eigenvalue weighted by molar-refractivity contribution is -0.136. The molecule has 2 aliphatic carbocycles. The molecule has 3 heteroatoms. The second-order valence-electron chi connectivity index (χ2n) is 6.28. The minimum absolute atomic E-state index is 0.261. The van der Waals surface area contributed by atoms with Crippen LogP contribution in [-0.2, 0) is 11.3 Å². The smallest absolute Gasteiger partial charge is 0.226 e. The molecule has 0 aromatic heterocycles. The lowest BCUT2D eigenvalue weighted by Gasteiger charge is -2.26. The van der Waals surface area contributed by atoms with Crippen molar-refractivity contribution in [2.24, 2.45) is 17.8 Å². The molecule has 1 aromatic rings. The summed E-state index contributed by atoms with van der Waals surface area (Å²) in [6, 6.07) is 9.60. The molecule has 3 rings (SSSR count). The molecule has 0 spiro atoms. The van der Waals surface area contributed by atoms with Crippen molar-refractivity contribution in [2.75, 3.05) is 7.05 Å². The highest BCUT2D eigenvalue weighted by molar-refractivity contribution is 5.79. The van der Waals surface area contributed by atoms with Crippen LogP contribution in [0.25, 0.3) is 0 Å². The molecule has 20 heavy (non-hydrogen) atoms. The average molecular weight is 268 g/mol. The van der Waals surface area contributed by atoms with Crippen molar-refractivity contribution in [3.63, 3.8) is 0 Å². The summed E-state index contributed by atoms with van der Waals surface area (Å²) in [6.45, 7) is 0.637. The minimum Gasteiger partial charge on any atom is -0.341 e. The van der Waals surface area contributed by atoms with E-state index in [1.807, 2.05) is 36.2 Å². The Labute approximate surface area is 120 Å². The van der Waals surface area contributed by atoms with Crippen LogP contribution in [0.2, 0.25) is 0 Å². The maximum atomic E-state index is 12.5. The van der Waals surface area contributed by atoms with E-state index in [4.69, 9.17) is 5.26 Å². The first-order chi connectivity index (χ1) is 9.67. The Morgan fingerprint density at radius 1 is 1.30 bits per heavy atom. The molecule has 0 heterocycles. The predicted molar refractivity (Wildman–Crippen MR) is 76.6 cm³/mol. The Balaban J connectivity index is 1.62. The van der Waals surface area contributed by atoms with Crippen LogP contribution in [0.15, 0.2) is 24.3 Å². The van der Waals surface area contributed by atoms with Crippen LogP contribution in [0, 0.1) is 29.1 Å². The van der Waals surface area contributed by atoms with Gasteiger partial charge in [0.25, 0.3) is 0 Å². The van der Waals surface area contributed by atoms with E-state index in [0.717, 1.165) is 17.9 Å². The Morgan fingerprint density at radius 3 is 2.60 bits per heavy atom. The molecule has 104 valence electrons. The van der Waals surface area contributed by atoms with Gasteiger partial charge in [-0.25, -0.2) is 0 Å². The van der Waals surface area contributed by atoms with Gasteiger partial charge in [0.1, 0.15) is 0 Å². The predicted octanol–water partition coefficient (Wildman–Crippen LogP) is 2.95. The van der Waals surface area contributed by atoms with E-state index in [2.05, 4.69) is 6.07 Å². The molecule has 2 fully saturated rings. The third-order valence-corrected chi connectivity index (χ3v) is 4.93. The summed E-state index contributed by atoms with van der Waals surface area (Å²) in [4.78, 5) is 14.4. The normalized spacial score (nSPS) is 27.3. The highest BCUT2D eigenvalue weighted by Gasteiger charge is 2.43. The summed E-state index contributed by atoms with van der Waals surface area (Å²) in [5.41, 5.74) is 1.75. The fourth-order valence-corrected chi connectivity index (χ4v) is 3.87. The molecule has 2 aliphatic rings. The summed E-state index contributed by atoms with van der Waals surface area (Å²) < 4.78 is 0. The minimum atomic E-state index is 0.261. The molecular formula is C17H20N2O. The second kappa shape index (κ2) is 5.28. The molecule has 1 amide bonds. The second-order valence-corrected chi connectivity index (χ2v) is 6.28. The highest BCUT2D eigenvalue weighted by atomic mass is 16.2. The maximum Gasteiger partial charge on any atom is 0.226 e. The summed E-state index contributed by atoms with van der Waals surface area (Å²) in [7, 11) is 1.90. The first kappa shape index (κ1) is 13.2. The number of amides is 1. The van der Waals surface area contributed by atoms with Crippen LogP contribution in [0.3, 0.4) is 0 Å². The zero-order chi connectivity index (χ0) is 14.1. The molecule has 1 aromatic carbocycles. The van der Waals surface area contributed by atoms with E-state index in [9.17, 15) is 4.79 Å². The van der Waals surface area contributed by atoms with Crippen LogP contribution in [0.5, 0.6) is 0 Å². The fourth-order valence-electron chi connectivity index (χ4n) is 3.87. The lowest BCUT2D eigenvalue weighted by Crippen LogP contribution is -2.35. The van der Waals surface area contributed by atoms with Crippen molar-refractivity contribution in [3.05, 3.63) is 35.4 Å². The molecule has 3 atom stereocenters. The first-order valence-electron chi connectivity index (χ1n) is 7.41. The maximum absolute atomic E-state index is 12.5. The topological polar surface area (TPSA) is 44.1 Å². The summed E-state index contributed by atoms with van der Waals surface area (Å²) in [6.07, 6.45) is 4.93. The van der Waals surface area contributed by atoms with Gasteiger partial charge in [0, 0.05) is 19.5 Å². The van der Waals surface area contributed by atoms with Gasteiger partial charge in [-0.2, -0.15) is 5.26 Å². The summed E-state index contributed by atoms with van der Waals surface area (Å²) >= 11 is 0. The number of fused-ring (bicyclic) bond motifs is 2. The molecule has 2 saturated carbocycles. The van der Waals surface area contributed by atoms with Crippen LogP contribution in [0.4, 0.5) is 0 Å². The van der Waals surface area contributed by atoms with Crippen molar-refractivity contribution < 1.29 is 4.79 Å². The Bertz CT molecular complexity index is 543. The van der Waals surface area contributed by atoms with Crippen molar-refractivity contribution >= 4 is 5.91 Å². The molecule has 0 saturated heterocycles. The van der Waals surface area contributed by atoms with Crippen molar-refractivity contribution in [1.82, 2.24) is 4.90 Å². The van der Waals surface area contributed by atoms with E-state index in [1.54, 1.807) is 0 Å². The van der Waals surface area contributed by atoms with Gasteiger partial charge in [0.15, 0.2) is 0 Å². The number of hydrogen-bond acceptors (Lipinski definition) is 2. The van der Waals surface area contributed by atoms with Gasteiger partial charge < -0.3 is 4.90 Å². The zero-order valence-corrected chi connectivity index (χ0v) is 11.9. The zero-order valence-electron chi connectivity index (χ0n) is 11.9. The largest absolute Gasteiger partial charge is 0.341 e. The van der Waals surface area contributed by atoms with E-state index in [0.29, 0.717) is 23.9 Å². The molecule has 0 aliphatic heterocycles. The third kappa shape index (κ3) is 2.43. The number of benzene rings is 1. The van der Waals surface area contributed by atoms with Crippen molar-refractivity contribution in [1.29, 1.82) is 5.26 Å². The highest BCUT2D eigenvalue weighted by Crippen LogP contribution is 2.48. The quantitative estimate of drug-likeness (QED) is 0.846. The van der Waals surface area contributed by atoms with Crippen LogP contribution >= 0.6 is 0 Å². The number of nitriles is 1. The van der Waals surface area contributed by atoms with Gasteiger partial charge in [-0.1, -0.05) is 18.6 Å². The number of carbonyl (C=O) groups is 1. The molecule has 0 N–H and O–H groups in total. The van der Waals surface area contributed by atoms with Gasteiger partial charge in [0.05, 0.1) is 11.6 Å². The van der Waals surface area contributed by atoms with E-state index in [1.165, 1.54) is 19.3 Å². The third-order valence-electron chi connectivity index (χ3n) is 4.93. The first-order valence-corrected chi connectivity index (χ1v) is 7.41. The molecule has 0 radical (unpaired) electrons. The number of nitrogens with zero attached hydrogens (tertiary/aromatic N) is 2. The van der Waals surface area contributed by atoms with Gasteiger partial charge in [-0.05, 0) is 48.8 Å². The Morgan fingerprint density at radius 2 is 2.05 bits per heavy atom. The van der Waals surface area contributed by atoms with Crippen LogP contribution < -0.4 is 0 Å². The average Bonchev–Trinajstić information content (AvgIpc) is 3.10. The van der Waals surface area contributed by atoms with E-state index >= 15 is 0 Å². The molecule has 2 bridgehead atoms. The summed E-state index contributed by atoms with van der Waals surface area (Å²) in [5.74, 6) is 2.01. The molecule has 3 unspecified atom stereocenters. The Hall–Kier alpha value is -1.82. The molecular weight excluding hydrogens is 248 g/mol. The standard InChI is InChI=1S/C17H20N2O/c1-19(11-13-4-2-12(10-18)3-5-13)17(20)16-9-14-6-7-15(16)8-14/h2-5,14-16H,6-9,11H2,1H3. The van der Waals surface area contributed by atoms with Gasteiger partial charge >= 0.3 is 0 Å². The van der Waals surface area contributed by atoms with E-state index < -0.39 is 0 Å². The SMILES string of the molecule is CN(Cc1ccc(C#N)cc1)C(=O)C1CC2CCC1C2. The number of carbonyl (C=O) groups excluding carboxylic acids is 1. The van der Waals surface area contributed by atoms with Crippen molar-refractivity contribution in [2.45, 2.75) is 32.2 Å². The fraction of sp³-hybridized carbons (Fsp3) is 0.529. The Kier molecular flexibility index (Phi) is 3.48. The van der Waals surface area contributed by atoms with E-state index in [-0.39, 0.29) is 5.92 Å².